The Morgan fingerprint density at radius 1 is 1.56 bits per heavy atom. The molecule has 3 nitrogen and oxygen atoms in total. The van der Waals surface area contributed by atoms with Crippen LogP contribution in [0.1, 0.15) is 24.8 Å². The monoisotopic (exact) mass is 236 g/mol. The van der Waals surface area contributed by atoms with Crippen molar-refractivity contribution in [3.05, 3.63) is 23.8 Å². The first-order valence-electron chi connectivity index (χ1n) is 5.47. The lowest BCUT2D eigenvalue weighted by molar-refractivity contribution is -0.113. The van der Waals surface area contributed by atoms with Crippen LogP contribution in [0, 0.1) is 0 Å². The Bertz CT molecular complexity index is 406. The molecule has 0 radical (unpaired) electrons. The third kappa shape index (κ3) is 2.39. The van der Waals surface area contributed by atoms with Crippen molar-refractivity contribution in [2.24, 2.45) is 5.73 Å². The zero-order chi connectivity index (χ0) is 11.5. The number of nitrogens with one attached hydrogen (secondary N) is 1. The van der Waals surface area contributed by atoms with Crippen molar-refractivity contribution in [1.82, 2.24) is 0 Å². The van der Waals surface area contributed by atoms with Crippen molar-refractivity contribution in [3.8, 4) is 0 Å². The second-order valence-electron chi connectivity index (χ2n) is 4.07. The Morgan fingerprint density at radius 3 is 3.12 bits per heavy atom. The van der Waals surface area contributed by atoms with Gasteiger partial charge in [-0.15, -0.1) is 11.8 Å². The standard InChI is InChI=1S/C12H16N2OS/c1-8(4-5-13)9-2-3-11-10(6-9)14-12(15)7-16-11/h2-3,6,8H,4-5,7,13H2,1H3,(H,14,15). The van der Waals surface area contributed by atoms with Crippen molar-refractivity contribution in [1.29, 1.82) is 0 Å². The third-order valence-corrected chi connectivity index (χ3v) is 3.88. The minimum atomic E-state index is 0.0844. The molecule has 1 aliphatic rings. The maximum absolute atomic E-state index is 11.3. The van der Waals surface area contributed by atoms with Crippen molar-refractivity contribution in [2.75, 3.05) is 17.6 Å². The van der Waals surface area contributed by atoms with Crippen LogP contribution < -0.4 is 11.1 Å². The number of anilines is 1. The number of rotatable bonds is 3. The highest BCUT2D eigenvalue weighted by molar-refractivity contribution is 8.00. The van der Waals surface area contributed by atoms with E-state index in [2.05, 4.69) is 30.4 Å². The minimum Gasteiger partial charge on any atom is -0.330 e. The van der Waals surface area contributed by atoms with E-state index < -0.39 is 0 Å². The molecule has 1 heterocycles. The van der Waals surface area contributed by atoms with E-state index >= 15 is 0 Å². The second kappa shape index (κ2) is 4.89. The van der Waals surface area contributed by atoms with Crippen molar-refractivity contribution >= 4 is 23.4 Å². The van der Waals surface area contributed by atoms with E-state index in [0.717, 1.165) is 17.0 Å². The molecule has 86 valence electrons. The van der Waals surface area contributed by atoms with Crippen molar-refractivity contribution in [3.63, 3.8) is 0 Å². The number of nitrogens with two attached hydrogens (primary N) is 1. The number of carbonyl (C=O) groups is 1. The largest absolute Gasteiger partial charge is 0.330 e. The van der Waals surface area contributed by atoms with Gasteiger partial charge in [0, 0.05) is 4.90 Å². The molecule has 4 heteroatoms. The summed E-state index contributed by atoms with van der Waals surface area (Å²) >= 11 is 1.59. The fourth-order valence-corrected chi connectivity index (χ4v) is 2.61. The van der Waals surface area contributed by atoms with Crippen LogP contribution in [0.2, 0.25) is 0 Å². The third-order valence-electron chi connectivity index (χ3n) is 2.81. The van der Waals surface area contributed by atoms with Crippen LogP contribution in [0.15, 0.2) is 23.1 Å². The molecule has 1 amide bonds. The van der Waals surface area contributed by atoms with Gasteiger partial charge < -0.3 is 11.1 Å². The molecule has 2 rings (SSSR count). The highest BCUT2D eigenvalue weighted by atomic mass is 32.2. The predicted octanol–water partition coefficient (Wildman–Crippen LogP) is 2.18. The van der Waals surface area contributed by atoms with Gasteiger partial charge in [-0.1, -0.05) is 13.0 Å². The molecule has 0 saturated carbocycles. The first kappa shape index (κ1) is 11.5. The van der Waals surface area contributed by atoms with Crippen LogP contribution in [-0.4, -0.2) is 18.2 Å². The summed E-state index contributed by atoms with van der Waals surface area (Å²) in [4.78, 5) is 12.4. The normalized spacial score (nSPS) is 16.5. The highest BCUT2D eigenvalue weighted by Crippen LogP contribution is 2.34. The highest BCUT2D eigenvalue weighted by Gasteiger charge is 2.16. The quantitative estimate of drug-likeness (QED) is 0.845. The van der Waals surface area contributed by atoms with E-state index in [0.29, 0.717) is 18.2 Å². The van der Waals surface area contributed by atoms with Gasteiger partial charge in [0.15, 0.2) is 0 Å². The lowest BCUT2D eigenvalue weighted by Crippen LogP contribution is -2.18. The van der Waals surface area contributed by atoms with E-state index in [1.165, 1.54) is 5.56 Å². The van der Waals surface area contributed by atoms with Gasteiger partial charge in [-0.25, -0.2) is 0 Å². The average Bonchev–Trinajstić information content (AvgIpc) is 2.28. The molecule has 0 saturated heterocycles. The minimum absolute atomic E-state index is 0.0844. The van der Waals surface area contributed by atoms with E-state index in [1.54, 1.807) is 11.8 Å². The molecule has 1 aliphatic heterocycles. The number of fused-ring (bicyclic) bond motifs is 1. The summed E-state index contributed by atoms with van der Waals surface area (Å²) in [5, 5.41) is 2.91. The lowest BCUT2D eigenvalue weighted by Gasteiger charge is -2.19. The van der Waals surface area contributed by atoms with E-state index in [9.17, 15) is 4.79 Å². The summed E-state index contributed by atoms with van der Waals surface area (Å²) in [7, 11) is 0. The maximum Gasteiger partial charge on any atom is 0.234 e. The Hall–Kier alpha value is -1.000. The summed E-state index contributed by atoms with van der Waals surface area (Å²) < 4.78 is 0. The number of hydrogen-bond acceptors (Lipinski definition) is 3. The van der Waals surface area contributed by atoms with Crippen LogP contribution in [-0.2, 0) is 4.79 Å². The molecule has 3 N–H and O–H groups in total. The fraction of sp³-hybridized carbons (Fsp3) is 0.417. The smallest absolute Gasteiger partial charge is 0.234 e. The molecule has 0 spiro atoms. The van der Waals surface area contributed by atoms with Crippen molar-refractivity contribution < 1.29 is 4.79 Å². The summed E-state index contributed by atoms with van der Waals surface area (Å²) in [6, 6.07) is 6.28. The van der Waals surface area contributed by atoms with Gasteiger partial charge in [0.2, 0.25) is 5.91 Å². The fourth-order valence-electron chi connectivity index (χ4n) is 1.82. The Labute approximate surface area is 99.8 Å². The van der Waals surface area contributed by atoms with Gasteiger partial charge in [0.1, 0.15) is 0 Å². The number of amides is 1. The Balaban J connectivity index is 2.24. The molecule has 1 aromatic carbocycles. The second-order valence-corrected chi connectivity index (χ2v) is 5.09. The predicted molar refractivity (Wildman–Crippen MR) is 67.9 cm³/mol. The topological polar surface area (TPSA) is 55.1 Å². The van der Waals surface area contributed by atoms with Gasteiger partial charge in [0.25, 0.3) is 0 Å². The Kier molecular flexibility index (Phi) is 3.51. The van der Waals surface area contributed by atoms with E-state index in [1.807, 2.05) is 0 Å². The number of benzene rings is 1. The van der Waals surface area contributed by atoms with Crippen LogP contribution in [0.5, 0.6) is 0 Å². The molecule has 0 bridgehead atoms. The zero-order valence-electron chi connectivity index (χ0n) is 9.32. The van der Waals surface area contributed by atoms with Crippen molar-refractivity contribution in [2.45, 2.75) is 24.2 Å². The first-order valence-corrected chi connectivity index (χ1v) is 6.46. The summed E-state index contributed by atoms with van der Waals surface area (Å²) in [6.45, 7) is 2.85. The Morgan fingerprint density at radius 2 is 2.38 bits per heavy atom. The molecule has 1 aromatic rings. The summed E-state index contributed by atoms with van der Waals surface area (Å²) in [5.74, 6) is 1.05. The molecule has 0 aliphatic carbocycles. The summed E-state index contributed by atoms with van der Waals surface area (Å²) in [5.41, 5.74) is 7.74. The van der Waals surface area contributed by atoms with Crippen LogP contribution >= 0.6 is 11.8 Å². The molecule has 0 fully saturated rings. The van der Waals surface area contributed by atoms with Gasteiger partial charge in [-0.2, -0.15) is 0 Å². The van der Waals surface area contributed by atoms with Gasteiger partial charge in [0.05, 0.1) is 11.4 Å². The number of hydrogen-bond donors (Lipinski definition) is 2. The molecule has 0 aromatic heterocycles. The van der Waals surface area contributed by atoms with Crippen LogP contribution in [0.3, 0.4) is 0 Å². The van der Waals surface area contributed by atoms with Crippen LogP contribution in [0.25, 0.3) is 0 Å². The van der Waals surface area contributed by atoms with E-state index in [4.69, 9.17) is 5.73 Å². The SMILES string of the molecule is CC(CCN)c1ccc2c(c1)NC(=O)CS2. The van der Waals surface area contributed by atoms with Gasteiger partial charge >= 0.3 is 0 Å². The van der Waals surface area contributed by atoms with Gasteiger partial charge in [-0.3, -0.25) is 4.79 Å². The van der Waals surface area contributed by atoms with E-state index in [-0.39, 0.29) is 5.91 Å². The maximum atomic E-state index is 11.3. The molecule has 1 unspecified atom stereocenters. The molecular weight excluding hydrogens is 220 g/mol. The van der Waals surface area contributed by atoms with Crippen LogP contribution in [0.4, 0.5) is 5.69 Å². The lowest BCUT2D eigenvalue weighted by atomic mass is 9.97. The number of thioether (sulfide) groups is 1. The van der Waals surface area contributed by atoms with Gasteiger partial charge in [-0.05, 0) is 36.6 Å². The first-order chi connectivity index (χ1) is 7.70. The zero-order valence-corrected chi connectivity index (χ0v) is 10.1. The number of carbonyl (C=O) groups excluding carboxylic acids is 1. The molecule has 16 heavy (non-hydrogen) atoms. The molecular formula is C12H16N2OS. The average molecular weight is 236 g/mol. The summed E-state index contributed by atoms with van der Waals surface area (Å²) in [6.07, 6.45) is 0.972. The molecule has 1 atom stereocenters.